The number of nitriles is 1. The minimum Gasteiger partial charge on any atom is -0.389 e. The van der Waals surface area contributed by atoms with Crippen LogP contribution in [-0.2, 0) is 0 Å². The summed E-state index contributed by atoms with van der Waals surface area (Å²) in [6.45, 7) is 5.25. The highest BCUT2D eigenvalue weighted by Crippen LogP contribution is 2.34. The van der Waals surface area contributed by atoms with Crippen LogP contribution in [0.1, 0.15) is 25.1 Å². The Morgan fingerprint density at radius 1 is 1.33 bits per heavy atom. The Morgan fingerprint density at radius 3 is 2.57 bits per heavy atom. The molecule has 0 radical (unpaired) electrons. The minimum atomic E-state index is -0.314. The normalized spacial score (nSPS) is 16.3. The van der Waals surface area contributed by atoms with Gasteiger partial charge in [0.2, 0.25) is 0 Å². The van der Waals surface area contributed by atoms with Gasteiger partial charge in [-0.25, -0.2) is 9.37 Å². The van der Waals surface area contributed by atoms with Crippen molar-refractivity contribution in [2.45, 2.75) is 20.3 Å². The molecule has 1 aromatic heterocycles. The minimum absolute atomic E-state index is 0.314. The molecule has 1 aliphatic heterocycles. The summed E-state index contributed by atoms with van der Waals surface area (Å²) < 4.78 is 13.3. The van der Waals surface area contributed by atoms with Gasteiger partial charge in [0.05, 0.1) is 5.70 Å². The van der Waals surface area contributed by atoms with Gasteiger partial charge in [0.25, 0.3) is 0 Å². The maximum absolute atomic E-state index is 13.3. The summed E-state index contributed by atoms with van der Waals surface area (Å²) in [5, 5.41) is 16.9. The summed E-state index contributed by atoms with van der Waals surface area (Å²) in [4.78, 5) is 9.41. The molecule has 0 aliphatic carbocycles. The fraction of sp³-hybridized carbons (Fsp3) is 0.364. The highest BCUT2D eigenvalue weighted by atomic mass is 32.1. The average molecular weight is 427 g/mol. The molecule has 0 amide bonds. The lowest BCUT2D eigenvalue weighted by Gasteiger charge is -2.31. The third kappa shape index (κ3) is 4.12. The van der Waals surface area contributed by atoms with E-state index >= 15 is 0 Å². The van der Waals surface area contributed by atoms with E-state index in [0.29, 0.717) is 21.6 Å². The summed E-state index contributed by atoms with van der Waals surface area (Å²) >= 11 is 1.32. The molecule has 0 spiro atoms. The Hall–Kier alpha value is -3.05. The highest BCUT2D eigenvalue weighted by Gasteiger charge is 2.24. The van der Waals surface area contributed by atoms with Crippen LogP contribution in [0.5, 0.6) is 0 Å². The molecule has 1 aliphatic rings. The lowest BCUT2D eigenvalue weighted by atomic mass is 10.1. The molecule has 6 nitrogen and oxygen atoms in total. The summed E-state index contributed by atoms with van der Waals surface area (Å²) in [7, 11) is 5.90. The smallest absolute Gasteiger partial charge is 0.192 e. The number of benzene rings is 1. The van der Waals surface area contributed by atoms with Gasteiger partial charge in [-0.15, -0.1) is 0 Å². The molecule has 30 heavy (non-hydrogen) atoms. The van der Waals surface area contributed by atoms with E-state index in [0.717, 1.165) is 30.0 Å². The molecule has 0 saturated heterocycles. The zero-order chi connectivity index (χ0) is 21.8. The van der Waals surface area contributed by atoms with Gasteiger partial charge >= 0.3 is 0 Å². The summed E-state index contributed by atoms with van der Waals surface area (Å²) in [6, 6.07) is 8.29. The van der Waals surface area contributed by atoms with Crippen LogP contribution in [0.15, 0.2) is 47.7 Å². The van der Waals surface area contributed by atoms with Crippen LogP contribution in [-0.4, -0.2) is 37.6 Å². The van der Waals surface area contributed by atoms with Crippen molar-refractivity contribution < 1.29 is 4.39 Å². The number of hydrogen-bond donors (Lipinski definition) is 2. The van der Waals surface area contributed by atoms with Gasteiger partial charge in [-0.05, 0) is 30.7 Å². The molecule has 2 heterocycles. The third-order valence-electron chi connectivity index (χ3n) is 5.27. The van der Waals surface area contributed by atoms with Crippen molar-refractivity contribution >= 4 is 16.5 Å². The Balaban J connectivity index is 2.00. The van der Waals surface area contributed by atoms with E-state index in [1.54, 1.807) is 12.1 Å². The van der Waals surface area contributed by atoms with Crippen molar-refractivity contribution in [2.75, 3.05) is 32.6 Å². The number of aromatic nitrogens is 1. The van der Waals surface area contributed by atoms with E-state index < -0.39 is 0 Å². The monoisotopic (exact) mass is 426 g/mol. The quantitative estimate of drug-likeness (QED) is 0.696. The zero-order valence-corrected chi connectivity index (χ0v) is 18.8. The Labute approximate surface area is 181 Å². The van der Waals surface area contributed by atoms with Crippen LogP contribution >= 0.6 is 11.3 Å². The predicted octanol–water partition coefficient (Wildman–Crippen LogP) is 4.07. The van der Waals surface area contributed by atoms with E-state index in [2.05, 4.69) is 48.7 Å². The molecule has 1 aromatic carbocycles. The van der Waals surface area contributed by atoms with E-state index in [-0.39, 0.29) is 5.82 Å². The van der Waals surface area contributed by atoms with Gasteiger partial charge in [0, 0.05) is 51.1 Å². The van der Waals surface area contributed by atoms with Crippen LogP contribution < -0.4 is 15.5 Å². The van der Waals surface area contributed by atoms with Crippen molar-refractivity contribution in [3.8, 4) is 17.3 Å². The fourth-order valence-electron chi connectivity index (χ4n) is 3.67. The number of anilines is 1. The van der Waals surface area contributed by atoms with Crippen LogP contribution in [0.2, 0.25) is 0 Å². The Kier molecular flexibility index (Phi) is 6.63. The van der Waals surface area contributed by atoms with E-state index in [1.165, 1.54) is 29.2 Å². The predicted molar refractivity (Wildman–Crippen MR) is 120 cm³/mol. The Morgan fingerprint density at radius 2 is 2.03 bits per heavy atom. The number of thiazole rings is 1. The SMILES string of the molecule is CC/C(=C(/NC)N(C)c1nc(-c2ccc(F)cc2)c(C#N)s1)N(C)C1=CNC[C@@H]1C. The average Bonchev–Trinajstić information content (AvgIpc) is 3.37. The van der Waals surface area contributed by atoms with Crippen molar-refractivity contribution in [3.05, 3.63) is 58.4 Å². The van der Waals surface area contributed by atoms with E-state index in [9.17, 15) is 9.65 Å². The topological polar surface area (TPSA) is 67.2 Å². The number of allylic oxidation sites excluding steroid dienone is 1. The fourth-order valence-corrected chi connectivity index (χ4v) is 4.52. The van der Waals surface area contributed by atoms with Gasteiger partial charge < -0.3 is 20.4 Å². The van der Waals surface area contributed by atoms with Gasteiger partial charge in [-0.1, -0.05) is 25.2 Å². The van der Waals surface area contributed by atoms with E-state index in [1.807, 2.05) is 19.0 Å². The van der Waals surface area contributed by atoms with Gasteiger partial charge in [0.1, 0.15) is 28.3 Å². The van der Waals surface area contributed by atoms with Crippen molar-refractivity contribution in [1.82, 2.24) is 20.5 Å². The van der Waals surface area contributed by atoms with Gasteiger partial charge in [0.15, 0.2) is 5.13 Å². The second-order valence-corrected chi connectivity index (χ2v) is 8.17. The first kappa shape index (κ1) is 21.7. The first-order valence-corrected chi connectivity index (χ1v) is 10.7. The number of halogens is 1. The molecule has 8 heteroatoms. The first-order chi connectivity index (χ1) is 14.4. The number of rotatable bonds is 7. The Bertz CT molecular complexity index is 1000. The second-order valence-electron chi connectivity index (χ2n) is 7.19. The van der Waals surface area contributed by atoms with Crippen molar-refractivity contribution in [3.63, 3.8) is 0 Å². The van der Waals surface area contributed by atoms with Crippen LogP contribution in [0.3, 0.4) is 0 Å². The first-order valence-electron chi connectivity index (χ1n) is 9.89. The molecule has 3 rings (SSSR count). The zero-order valence-electron chi connectivity index (χ0n) is 18.0. The molecule has 0 unspecified atom stereocenters. The van der Waals surface area contributed by atoms with Crippen LogP contribution in [0.25, 0.3) is 11.3 Å². The number of nitrogens with one attached hydrogen (secondary N) is 2. The highest BCUT2D eigenvalue weighted by molar-refractivity contribution is 7.16. The van der Waals surface area contributed by atoms with Crippen molar-refractivity contribution in [1.29, 1.82) is 5.26 Å². The molecule has 0 bridgehead atoms. The standard InChI is InChI=1S/C22H27FN6S/c1-6-17(28(4)18-13-26-12-14(18)2)21(25-3)29(5)22-27-20(19(11-24)30-22)15-7-9-16(23)10-8-15/h7-10,13-14,25-26H,6,12H2,1-5H3/b21-17+/t14-/m0/s1. The molecule has 158 valence electrons. The molecule has 0 fully saturated rings. The molecule has 0 saturated carbocycles. The molecular weight excluding hydrogens is 399 g/mol. The summed E-state index contributed by atoms with van der Waals surface area (Å²) in [5.74, 6) is 1.03. The van der Waals surface area contributed by atoms with Gasteiger partial charge in [-0.3, -0.25) is 0 Å². The molecular formula is C22H27FN6S. The van der Waals surface area contributed by atoms with Crippen molar-refractivity contribution in [2.24, 2.45) is 5.92 Å². The maximum Gasteiger partial charge on any atom is 0.192 e. The maximum atomic E-state index is 13.3. The van der Waals surface area contributed by atoms with Crippen LogP contribution in [0.4, 0.5) is 9.52 Å². The van der Waals surface area contributed by atoms with Gasteiger partial charge in [-0.2, -0.15) is 5.26 Å². The summed E-state index contributed by atoms with van der Waals surface area (Å²) in [6.07, 6.45) is 2.89. The lowest BCUT2D eigenvalue weighted by Crippen LogP contribution is -2.33. The van der Waals surface area contributed by atoms with E-state index in [4.69, 9.17) is 4.98 Å². The lowest BCUT2D eigenvalue weighted by molar-refractivity contribution is 0.435. The number of hydrogen-bond acceptors (Lipinski definition) is 7. The third-order valence-corrected chi connectivity index (χ3v) is 6.31. The molecule has 2 N–H and O–H groups in total. The number of nitrogens with zero attached hydrogens (tertiary/aromatic N) is 4. The summed E-state index contributed by atoms with van der Waals surface area (Å²) in [5.41, 5.74) is 3.65. The molecule has 2 aromatic rings. The van der Waals surface area contributed by atoms with Crippen LogP contribution in [0, 0.1) is 23.1 Å². The molecule has 1 atom stereocenters. The second kappa shape index (κ2) is 9.18. The largest absolute Gasteiger partial charge is 0.389 e.